The monoisotopic (exact) mass is 321 g/mol. The minimum atomic E-state index is 0.434. The van der Waals surface area contributed by atoms with Crippen molar-refractivity contribution in [2.45, 2.75) is 39.0 Å². The van der Waals surface area contributed by atoms with Gasteiger partial charge in [0, 0.05) is 24.1 Å². The standard InChI is InChI=1S/C17H20ClNOS/c1-2-20-11-13-6-4-3-5-12(13)10-19-15-7-8-16-14(15)9-17(18)21-16/h3-6,9,15,19H,2,7-8,10-11H2,1H3. The molecule has 2 aromatic rings. The number of rotatable bonds is 6. The number of ether oxygens (including phenoxy) is 1. The Kier molecular flexibility index (Phi) is 4.96. The molecule has 3 rings (SSSR count). The highest BCUT2D eigenvalue weighted by Gasteiger charge is 2.24. The van der Waals surface area contributed by atoms with Crippen LogP contribution < -0.4 is 5.32 Å². The van der Waals surface area contributed by atoms with Crippen LogP contribution in [0.4, 0.5) is 0 Å². The van der Waals surface area contributed by atoms with Crippen molar-refractivity contribution < 1.29 is 4.74 Å². The molecule has 1 N–H and O–H groups in total. The molecule has 4 heteroatoms. The Balaban J connectivity index is 1.66. The smallest absolute Gasteiger partial charge is 0.0934 e. The minimum Gasteiger partial charge on any atom is -0.377 e. The van der Waals surface area contributed by atoms with E-state index in [1.807, 2.05) is 6.92 Å². The molecule has 0 saturated heterocycles. The quantitative estimate of drug-likeness (QED) is 0.831. The Bertz CT molecular complexity index is 611. The van der Waals surface area contributed by atoms with Gasteiger partial charge in [0.25, 0.3) is 0 Å². The fourth-order valence-corrected chi connectivity index (χ4v) is 4.22. The van der Waals surface area contributed by atoms with Gasteiger partial charge in [0.05, 0.1) is 10.9 Å². The third kappa shape index (κ3) is 3.49. The van der Waals surface area contributed by atoms with Crippen LogP contribution in [0.2, 0.25) is 4.34 Å². The van der Waals surface area contributed by atoms with E-state index in [0.717, 1.165) is 23.9 Å². The lowest BCUT2D eigenvalue weighted by Gasteiger charge is -2.15. The number of hydrogen-bond donors (Lipinski definition) is 1. The highest BCUT2D eigenvalue weighted by molar-refractivity contribution is 7.16. The van der Waals surface area contributed by atoms with Crippen molar-refractivity contribution >= 4 is 22.9 Å². The molecule has 1 aromatic carbocycles. The largest absolute Gasteiger partial charge is 0.377 e. The summed E-state index contributed by atoms with van der Waals surface area (Å²) in [6, 6.07) is 11.0. The first-order chi connectivity index (χ1) is 10.3. The number of halogens is 1. The third-order valence-corrected chi connectivity index (χ3v) is 5.31. The summed E-state index contributed by atoms with van der Waals surface area (Å²) in [7, 11) is 0. The van der Waals surface area contributed by atoms with E-state index in [2.05, 4.69) is 35.6 Å². The molecule has 1 heterocycles. The Morgan fingerprint density at radius 3 is 2.95 bits per heavy atom. The van der Waals surface area contributed by atoms with Crippen LogP contribution in [0.3, 0.4) is 0 Å². The number of hydrogen-bond acceptors (Lipinski definition) is 3. The first-order valence-electron chi connectivity index (χ1n) is 7.44. The van der Waals surface area contributed by atoms with Crippen LogP contribution in [0.5, 0.6) is 0 Å². The van der Waals surface area contributed by atoms with Gasteiger partial charge in [0.1, 0.15) is 0 Å². The van der Waals surface area contributed by atoms with Crippen molar-refractivity contribution in [1.82, 2.24) is 5.32 Å². The lowest BCUT2D eigenvalue weighted by molar-refractivity contribution is 0.133. The van der Waals surface area contributed by atoms with Crippen molar-refractivity contribution in [3.63, 3.8) is 0 Å². The van der Waals surface area contributed by atoms with Crippen molar-refractivity contribution in [3.05, 3.63) is 56.2 Å². The van der Waals surface area contributed by atoms with Gasteiger partial charge in [0.15, 0.2) is 0 Å². The molecular weight excluding hydrogens is 302 g/mol. The van der Waals surface area contributed by atoms with Gasteiger partial charge in [-0.1, -0.05) is 35.9 Å². The highest BCUT2D eigenvalue weighted by Crippen LogP contribution is 2.39. The average molecular weight is 322 g/mol. The predicted octanol–water partition coefficient (Wildman–Crippen LogP) is 4.72. The van der Waals surface area contributed by atoms with Crippen molar-refractivity contribution in [2.24, 2.45) is 0 Å². The van der Waals surface area contributed by atoms with Crippen LogP contribution in [-0.4, -0.2) is 6.61 Å². The summed E-state index contributed by atoms with van der Waals surface area (Å²) in [5.74, 6) is 0. The SMILES string of the molecule is CCOCc1ccccc1CNC1CCc2sc(Cl)cc21. The minimum absolute atomic E-state index is 0.434. The molecule has 1 aliphatic rings. The van der Waals surface area contributed by atoms with Gasteiger partial charge < -0.3 is 10.1 Å². The van der Waals surface area contributed by atoms with Gasteiger partial charge in [-0.2, -0.15) is 0 Å². The van der Waals surface area contributed by atoms with Crippen LogP contribution in [0, 0.1) is 0 Å². The number of nitrogens with one attached hydrogen (secondary N) is 1. The Morgan fingerprint density at radius 1 is 1.33 bits per heavy atom. The molecule has 1 unspecified atom stereocenters. The van der Waals surface area contributed by atoms with E-state index in [1.165, 1.54) is 28.0 Å². The maximum absolute atomic E-state index is 6.12. The molecular formula is C17H20ClNOS. The number of aryl methyl sites for hydroxylation is 1. The molecule has 1 aromatic heterocycles. The van der Waals surface area contributed by atoms with Crippen LogP contribution >= 0.6 is 22.9 Å². The fraction of sp³-hybridized carbons (Fsp3) is 0.412. The first kappa shape index (κ1) is 15.0. The fourth-order valence-electron chi connectivity index (χ4n) is 2.86. The predicted molar refractivity (Wildman–Crippen MR) is 89.0 cm³/mol. The van der Waals surface area contributed by atoms with Crippen LogP contribution in [0.25, 0.3) is 0 Å². The molecule has 0 saturated carbocycles. The van der Waals surface area contributed by atoms with Gasteiger partial charge >= 0.3 is 0 Å². The Hall–Kier alpha value is -0.870. The molecule has 0 spiro atoms. The van der Waals surface area contributed by atoms with Gasteiger partial charge in [-0.05, 0) is 42.5 Å². The zero-order valence-electron chi connectivity index (χ0n) is 12.2. The summed E-state index contributed by atoms with van der Waals surface area (Å²) in [6.45, 7) is 4.34. The summed E-state index contributed by atoms with van der Waals surface area (Å²) in [4.78, 5) is 1.44. The van der Waals surface area contributed by atoms with E-state index < -0.39 is 0 Å². The molecule has 0 bridgehead atoms. The molecule has 2 nitrogen and oxygen atoms in total. The first-order valence-corrected chi connectivity index (χ1v) is 8.63. The Morgan fingerprint density at radius 2 is 2.14 bits per heavy atom. The molecule has 0 radical (unpaired) electrons. The van der Waals surface area contributed by atoms with Gasteiger partial charge in [-0.25, -0.2) is 0 Å². The molecule has 0 amide bonds. The summed E-state index contributed by atoms with van der Waals surface area (Å²) < 4.78 is 6.45. The summed E-state index contributed by atoms with van der Waals surface area (Å²) in [5, 5.41) is 3.68. The van der Waals surface area contributed by atoms with Crippen molar-refractivity contribution in [1.29, 1.82) is 0 Å². The number of fused-ring (bicyclic) bond motifs is 1. The normalized spacial score (nSPS) is 17.1. The van der Waals surface area contributed by atoms with Gasteiger partial charge in [0.2, 0.25) is 0 Å². The lowest BCUT2D eigenvalue weighted by atomic mass is 10.1. The Labute approximate surface area is 135 Å². The van der Waals surface area contributed by atoms with E-state index >= 15 is 0 Å². The molecule has 1 aliphatic carbocycles. The molecule has 21 heavy (non-hydrogen) atoms. The second-order valence-electron chi connectivity index (χ2n) is 5.31. The van der Waals surface area contributed by atoms with E-state index in [-0.39, 0.29) is 0 Å². The zero-order valence-corrected chi connectivity index (χ0v) is 13.8. The van der Waals surface area contributed by atoms with E-state index in [4.69, 9.17) is 16.3 Å². The lowest BCUT2D eigenvalue weighted by Crippen LogP contribution is -2.19. The summed E-state index contributed by atoms with van der Waals surface area (Å²) in [5.41, 5.74) is 3.99. The second-order valence-corrected chi connectivity index (χ2v) is 7.08. The van der Waals surface area contributed by atoms with E-state index in [9.17, 15) is 0 Å². The zero-order chi connectivity index (χ0) is 14.7. The topological polar surface area (TPSA) is 21.3 Å². The third-order valence-electron chi connectivity index (χ3n) is 3.97. The molecule has 0 fully saturated rings. The molecule has 112 valence electrons. The second kappa shape index (κ2) is 6.93. The average Bonchev–Trinajstić information content (AvgIpc) is 3.03. The van der Waals surface area contributed by atoms with Crippen LogP contribution in [0.1, 0.15) is 41.0 Å². The van der Waals surface area contributed by atoms with Gasteiger partial charge in [-0.3, -0.25) is 0 Å². The molecule has 1 atom stereocenters. The number of thiophene rings is 1. The van der Waals surface area contributed by atoms with E-state index in [0.29, 0.717) is 12.6 Å². The maximum Gasteiger partial charge on any atom is 0.0934 e. The van der Waals surface area contributed by atoms with E-state index in [1.54, 1.807) is 11.3 Å². The van der Waals surface area contributed by atoms with Gasteiger partial charge in [-0.15, -0.1) is 11.3 Å². The maximum atomic E-state index is 6.12. The number of benzene rings is 1. The van der Waals surface area contributed by atoms with Crippen molar-refractivity contribution in [3.8, 4) is 0 Å². The van der Waals surface area contributed by atoms with Crippen molar-refractivity contribution in [2.75, 3.05) is 6.61 Å². The summed E-state index contributed by atoms with van der Waals surface area (Å²) in [6.07, 6.45) is 2.32. The van der Waals surface area contributed by atoms with Crippen LogP contribution in [-0.2, 0) is 24.3 Å². The summed E-state index contributed by atoms with van der Waals surface area (Å²) >= 11 is 7.84. The highest BCUT2D eigenvalue weighted by atomic mass is 35.5. The van der Waals surface area contributed by atoms with Crippen LogP contribution in [0.15, 0.2) is 30.3 Å². The molecule has 0 aliphatic heterocycles.